The molecule has 1 saturated carbocycles. The Hall–Kier alpha value is -1.16. The molecule has 0 radical (unpaired) electrons. The van der Waals surface area contributed by atoms with Crippen LogP contribution < -0.4 is 0 Å². The third-order valence-electron chi connectivity index (χ3n) is 2.97. The molecule has 0 aromatic heterocycles. The molecule has 1 aromatic rings. The maximum atomic E-state index is 12.0. The number of carboxylic acid groups (broad SMARTS) is 1. The van der Waals surface area contributed by atoms with Gasteiger partial charge in [0.05, 0.1) is 21.3 Å². The smallest absolute Gasteiger partial charge is 0.336 e. The van der Waals surface area contributed by atoms with Crippen molar-refractivity contribution in [2.75, 3.05) is 5.75 Å². The lowest BCUT2D eigenvalue weighted by Crippen LogP contribution is -2.19. The number of carbonyl (C=O) groups is 1. The van der Waals surface area contributed by atoms with E-state index >= 15 is 0 Å². The molecule has 1 fully saturated rings. The summed E-state index contributed by atoms with van der Waals surface area (Å²) < 4.78 is 12.0. The minimum absolute atomic E-state index is 0.167. The highest BCUT2D eigenvalue weighted by atomic mass is 32.2. The van der Waals surface area contributed by atoms with Gasteiger partial charge in [-0.25, -0.2) is 4.79 Å². The Morgan fingerprint density at radius 1 is 1.38 bits per heavy atom. The van der Waals surface area contributed by atoms with E-state index in [1.54, 1.807) is 18.2 Å². The lowest BCUT2D eigenvalue weighted by molar-refractivity contribution is 0.0693. The van der Waals surface area contributed by atoms with Gasteiger partial charge in [-0.15, -0.1) is 0 Å². The van der Waals surface area contributed by atoms with Crippen LogP contribution >= 0.6 is 0 Å². The molecular formula is C12H14O3S. The molecule has 1 atom stereocenters. The van der Waals surface area contributed by atoms with Crippen molar-refractivity contribution >= 4 is 16.8 Å². The highest BCUT2D eigenvalue weighted by Gasteiger charge is 2.22. The topological polar surface area (TPSA) is 54.4 Å². The Labute approximate surface area is 96.9 Å². The molecule has 1 aliphatic rings. The first kappa shape index (κ1) is 11.3. The van der Waals surface area contributed by atoms with Gasteiger partial charge in [0.25, 0.3) is 0 Å². The molecule has 1 N–H and O–H groups in total. The molecule has 2 rings (SSSR count). The summed E-state index contributed by atoms with van der Waals surface area (Å²) in [6.07, 6.45) is 3.46. The van der Waals surface area contributed by atoms with E-state index in [1.165, 1.54) is 12.5 Å². The lowest BCUT2D eigenvalue weighted by Gasteiger charge is -2.24. The SMILES string of the molecule is O=C(O)c1ccccc1S(=O)CC1CCC1. The zero-order valence-electron chi connectivity index (χ0n) is 8.89. The van der Waals surface area contributed by atoms with Crippen LogP contribution in [-0.2, 0) is 10.8 Å². The van der Waals surface area contributed by atoms with E-state index in [9.17, 15) is 9.00 Å². The van der Waals surface area contributed by atoms with Gasteiger partial charge in [-0.2, -0.15) is 0 Å². The van der Waals surface area contributed by atoms with Gasteiger partial charge < -0.3 is 5.11 Å². The average molecular weight is 238 g/mol. The highest BCUT2D eigenvalue weighted by molar-refractivity contribution is 7.85. The molecular weight excluding hydrogens is 224 g/mol. The molecule has 0 bridgehead atoms. The number of carboxylic acids is 1. The first-order valence-corrected chi connectivity index (χ1v) is 6.71. The average Bonchev–Trinajstić information content (AvgIpc) is 2.23. The Balaban J connectivity index is 2.18. The van der Waals surface area contributed by atoms with Crippen LogP contribution in [0.4, 0.5) is 0 Å². The number of hydrogen-bond acceptors (Lipinski definition) is 2. The molecule has 0 amide bonds. The molecule has 0 saturated heterocycles. The Bertz CT molecular complexity index is 424. The van der Waals surface area contributed by atoms with Crippen molar-refractivity contribution in [2.45, 2.75) is 24.2 Å². The van der Waals surface area contributed by atoms with Gasteiger partial charge in [-0.05, 0) is 30.9 Å². The van der Waals surface area contributed by atoms with E-state index in [1.807, 2.05) is 0 Å². The Kier molecular flexibility index (Phi) is 3.39. The van der Waals surface area contributed by atoms with E-state index in [4.69, 9.17) is 5.11 Å². The summed E-state index contributed by atoms with van der Waals surface area (Å²) in [5.74, 6) is 0.116. The second-order valence-electron chi connectivity index (χ2n) is 4.11. The van der Waals surface area contributed by atoms with Crippen molar-refractivity contribution < 1.29 is 14.1 Å². The number of benzene rings is 1. The summed E-state index contributed by atoms with van der Waals surface area (Å²) in [6.45, 7) is 0. The highest BCUT2D eigenvalue weighted by Crippen LogP contribution is 2.28. The summed E-state index contributed by atoms with van der Waals surface area (Å²) in [5.41, 5.74) is 0.167. The second-order valence-corrected chi connectivity index (χ2v) is 5.57. The van der Waals surface area contributed by atoms with Crippen molar-refractivity contribution in [3.63, 3.8) is 0 Å². The number of rotatable bonds is 4. The fraction of sp³-hybridized carbons (Fsp3) is 0.417. The molecule has 3 nitrogen and oxygen atoms in total. The molecule has 0 heterocycles. The summed E-state index contributed by atoms with van der Waals surface area (Å²) in [6, 6.07) is 6.56. The van der Waals surface area contributed by atoms with E-state index in [2.05, 4.69) is 0 Å². The van der Waals surface area contributed by atoms with Crippen molar-refractivity contribution in [1.82, 2.24) is 0 Å². The van der Waals surface area contributed by atoms with Crippen molar-refractivity contribution in [1.29, 1.82) is 0 Å². The molecule has 1 unspecified atom stereocenters. The van der Waals surface area contributed by atoms with Gasteiger partial charge in [-0.1, -0.05) is 18.6 Å². The van der Waals surface area contributed by atoms with Crippen LogP contribution in [-0.4, -0.2) is 21.0 Å². The quantitative estimate of drug-likeness (QED) is 0.875. The second kappa shape index (κ2) is 4.78. The van der Waals surface area contributed by atoms with Crippen LogP contribution in [0.25, 0.3) is 0 Å². The number of hydrogen-bond donors (Lipinski definition) is 1. The molecule has 4 heteroatoms. The largest absolute Gasteiger partial charge is 0.478 e. The molecule has 86 valence electrons. The minimum atomic E-state index is -1.18. The van der Waals surface area contributed by atoms with Gasteiger partial charge in [0.2, 0.25) is 0 Å². The molecule has 0 spiro atoms. The molecule has 0 aliphatic heterocycles. The first-order chi connectivity index (χ1) is 7.68. The molecule has 1 aliphatic carbocycles. The third-order valence-corrected chi connectivity index (χ3v) is 4.60. The zero-order chi connectivity index (χ0) is 11.5. The normalized spacial score (nSPS) is 17.8. The molecule has 1 aromatic carbocycles. The van der Waals surface area contributed by atoms with Crippen molar-refractivity contribution in [2.24, 2.45) is 5.92 Å². The summed E-state index contributed by atoms with van der Waals surface area (Å²) in [5, 5.41) is 8.99. The van der Waals surface area contributed by atoms with Crippen LogP contribution in [0.2, 0.25) is 0 Å². The maximum Gasteiger partial charge on any atom is 0.336 e. The maximum absolute atomic E-state index is 12.0. The van der Waals surface area contributed by atoms with Gasteiger partial charge >= 0.3 is 5.97 Å². The van der Waals surface area contributed by atoms with Crippen LogP contribution in [0, 0.1) is 5.92 Å². The first-order valence-electron chi connectivity index (χ1n) is 5.39. The summed E-state index contributed by atoms with van der Waals surface area (Å²) in [4.78, 5) is 11.4. The van der Waals surface area contributed by atoms with E-state index in [0.29, 0.717) is 16.6 Å². The minimum Gasteiger partial charge on any atom is -0.478 e. The fourth-order valence-electron chi connectivity index (χ4n) is 1.81. The Morgan fingerprint density at radius 2 is 2.06 bits per heavy atom. The van der Waals surface area contributed by atoms with Crippen LogP contribution in [0.3, 0.4) is 0 Å². The van der Waals surface area contributed by atoms with E-state index < -0.39 is 16.8 Å². The predicted molar refractivity (Wildman–Crippen MR) is 62.0 cm³/mol. The third kappa shape index (κ3) is 2.32. The molecule has 16 heavy (non-hydrogen) atoms. The lowest BCUT2D eigenvalue weighted by atomic mass is 9.87. The van der Waals surface area contributed by atoms with Crippen LogP contribution in [0.15, 0.2) is 29.2 Å². The van der Waals surface area contributed by atoms with Crippen LogP contribution in [0.1, 0.15) is 29.6 Å². The van der Waals surface area contributed by atoms with Gasteiger partial charge in [0.1, 0.15) is 0 Å². The van der Waals surface area contributed by atoms with Crippen LogP contribution in [0.5, 0.6) is 0 Å². The van der Waals surface area contributed by atoms with Gasteiger partial charge in [0, 0.05) is 5.75 Å². The van der Waals surface area contributed by atoms with Crippen molar-refractivity contribution in [3.8, 4) is 0 Å². The van der Waals surface area contributed by atoms with Gasteiger partial charge in [-0.3, -0.25) is 4.21 Å². The summed E-state index contributed by atoms with van der Waals surface area (Å²) in [7, 11) is -1.18. The standard InChI is InChI=1S/C12H14O3S/c13-12(14)10-6-1-2-7-11(10)16(15)8-9-4-3-5-9/h1-2,6-7,9H,3-5,8H2,(H,13,14). The number of aromatic carboxylic acids is 1. The monoisotopic (exact) mass is 238 g/mol. The zero-order valence-corrected chi connectivity index (χ0v) is 9.70. The summed E-state index contributed by atoms with van der Waals surface area (Å²) >= 11 is 0. The predicted octanol–water partition coefficient (Wildman–Crippen LogP) is 2.29. The van der Waals surface area contributed by atoms with E-state index in [-0.39, 0.29) is 5.56 Å². The van der Waals surface area contributed by atoms with Crippen molar-refractivity contribution in [3.05, 3.63) is 29.8 Å². The van der Waals surface area contributed by atoms with Gasteiger partial charge in [0.15, 0.2) is 0 Å². The fourth-order valence-corrected chi connectivity index (χ4v) is 3.38. The Morgan fingerprint density at radius 3 is 2.62 bits per heavy atom. The van der Waals surface area contributed by atoms with E-state index in [0.717, 1.165) is 12.8 Å².